The van der Waals surface area contributed by atoms with Crippen LogP contribution in [0, 0.1) is 0 Å². The fourth-order valence-electron chi connectivity index (χ4n) is 4.68. The Labute approximate surface area is 175 Å². The molecule has 0 aliphatic heterocycles. The van der Waals surface area contributed by atoms with E-state index in [4.69, 9.17) is 0 Å². The SMILES string of the molecule is c1ccc2c(c1)sc1c2c2ccccc2c2c1c1ccccc1n2-c1ncncn1. The molecule has 0 saturated heterocycles. The Hall–Kier alpha value is -3.83. The van der Waals surface area contributed by atoms with Crippen LogP contribution < -0.4 is 0 Å². The van der Waals surface area contributed by atoms with Crippen molar-refractivity contribution in [3.8, 4) is 5.95 Å². The van der Waals surface area contributed by atoms with Gasteiger partial charge >= 0.3 is 0 Å². The number of hydrogen-bond acceptors (Lipinski definition) is 4. The molecule has 3 heterocycles. The van der Waals surface area contributed by atoms with Crippen molar-refractivity contribution in [2.45, 2.75) is 0 Å². The Balaban J connectivity index is 1.88. The lowest BCUT2D eigenvalue weighted by molar-refractivity contribution is 0.941. The average Bonchev–Trinajstić information content (AvgIpc) is 3.36. The molecule has 0 bridgehead atoms. The lowest BCUT2D eigenvalue weighted by atomic mass is 10.00. The highest BCUT2D eigenvalue weighted by molar-refractivity contribution is 7.27. The lowest BCUT2D eigenvalue weighted by Gasteiger charge is -2.08. The maximum atomic E-state index is 4.50. The molecule has 7 rings (SSSR count). The van der Waals surface area contributed by atoms with E-state index in [0.29, 0.717) is 5.95 Å². The number of aromatic nitrogens is 4. The first kappa shape index (κ1) is 16.0. The molecule has 7 aromatic rings. The maximum absolute atomic E-state index is 4.50. The smallest absolute Gasteiger partial charge is 0.237 e. The third-order valence-electron chi connectivity index (χ3n) is 5.83. The van der Waals surface area contributed by atoms with Gasteiger partial charge in [0.2, 0.25) is 5.95 Å². The van der Waals surface area contributed by atoms with E-state index in [-0.39, 0.29) is 0 Å². The van der Waals surface area contributed by atoms with Gasteiger partial charge in [-0.3, -0.25) is 4.57 Å². The Morgan fingerprint density at radius 2 is 1.30 bits per heavy atom. The molecule has 30 heavy (non-hydrogen) atoms. The van der Waals surface area contributed by atoms with Crippen molar-refractivity contribution >= 4 is 64.1 Å². The average molecular weight is 402 g/mol. The highest BCUT2D eigenvalue weighted by Gasteiger charge is 2.21. The predicted molar refractivity (Wildman–Crippen MR) is 125 cm³/mol. The van der Waals surface area contributed by atoms with Crippen LogP contribution in [0.15, 0.2) is 85.5 Å². The van der Waals surface area contributed by atoms with E-state index in [2.05, 4.69) is 92.3 Å². The highest BCUT2D eigenvalue weighted by Crippen LogP contribution is 2.47. The number of thiophene rings is 1. The minimum atomic E-state index is 0.641. The second kappa shape index (κ2) is 5.84. The number of benzene rings is 4. The van der Waals surface area contributed by atoms with Gasteiger partial charge in [0.05, 0.1) is 11.0 Å². The molecule has 3 aromatic heterocycles. The van der Waals surface area contributed by atoms with Crippen molar-refractivity contribution in [2.75, 3.05) is 0 Å². The van der Waals surface area contributed by atoms with Crippen molar-refractivity contribution < 1.29 is 0 Å². The molecular formula is C25H14N4S. The molecule has 0 unspecified atom stereocenters. The van der Waals surface area contributed by atoms with E-state index < -0.39 is 0 Å². The number of hydrogen-bond donors (Lipinski definition) is 0. The largest absolute Gasteiger partial charge is 0.277 e. The number of rotatable bonds is 1. The zero-order valence-corrected chi connectivity index (χ0v) is 16.6. The molecule has 0 spiro atoms. The summed E-state index contributed by atoms with van der Waals surface area (Å²) in [5.41, 5.74) is 2.26. The summed E-state index contributed by atoms with van der Waals surface area (Å²) in [6.07, 6.45) is 3.12. The third kappa shape index (κ3) is 1.97. The van der Waals surface area contributed by atoms with Crippen molar-refractivity contribution in [3.05, 3.63) is 85.5 Å². The predicted octanol–water partition coefficient (Wildman–Crippen LogP) is 6.49. The summed E-state index contributed by atoms with van der Waals surface area (Å²) in [5, 5.41) is 7.59. The molecule has 4 aromatic carbocycles. The zero-order valence-electron chi connectivity index (χ0n) is 15.8. The molecule has 140 valence electrons. The topological polar surface area (TPSA) is 43.6 Å². The second-order valence-corrected chi connectivity index (χ2v) is 8.41. The van der Waals surface area contributed by atoms with Crippen molar-refractivity contribution in [1.82, 2.24) is 19.5 Å². The van der Waals surface area contributed by atoms with E-state index >= 15 is 0 Å². The minimum Gasteiger partial charge on any atom is -0.277 e. The summed E-state index contributed by atoms with van der Waals surface area (Å²) in [6, 6.07) is 25.9. The van der Waals surface area contributed by atoms with E-state index in [9.17, 15) is 0 Å². The van der Waals surface area contributed by atoms with Gasteiger partial charge in [0.1, 0.15) is 12.7 Å². The van der Waals surface area contributed by atoms with Gasteiger partial charge in [-0.1, -0.05) is 60.7 Å². The van der Waals surface area contributed by atoms with Crippen LogP contribution in [0.3, 0.4) is 0 Å². The van der Waals surface area contributed by atoms with E-state index in [1.165, 1.54) is 41.7 Å². The van der Waals surface area contributed by atoms with Gasteiger partial charge < -0.3 is 0 Å². The molecule has 0 saturated carbocycles. The first-order valence-corrected chi connectivity index (χ1v) is 10.6. The molecule has 4 nitrogen and oxygen atoms in total. The molecule has 0 atom stereocenters. The van der Waals surface area contributed by atoms with E-state index in [0.717, 1.165) is 11.0 Å². The van der Waals surface area contributed by atoms with Gasteiger partial charge in [-0.15, -0.1) is 11.3 Å². The Bertz CT molecular complexity index is 1750. The van der Waals surface area contributed by atoms with Gasteiger partial charge in [0, 0.05) is 36.3 Å². The molecule has 0 radical (unpaired) electrons. The quantitative estimate of drug-likeness (QED) is 0.315. The third-order valence-corrected chi connectivity index (χ3v) is 7.02. The first-order chi connectivity index (χ1) is 14.9. The Morgan fingerprint density at radius 3 is 2.13 bits per heavy atom. The molecule has 5 heteroatoms. The van der Waals surface area contributed by atoms with E-state index in [1.807, 2.05) is 11.3 Å². The van der Waals surface area contributed by atoms with Crippen molar-refractivity contribution in [2.24, 2.45) is 0 Å². The van der Waals surface area contributed by atoms with Crippen LogP contribution in [0.4, 0.5) is 0 Å². The molecule has 0 aliphatic rings. The summed E-state index contributed by atoms with van der Waals surface area (Å²) in [7, 11) is 0. The molecular weight excluding hydrogens is 388 g/mol. The molecule has 0 amide bonds. The van der Waals surface area contributed by atoms with Crippen LogP contribution in [0.1, 0.15) is 0 Å². The minimum absolute atomic E-state index is 0.641. The number of fused-ring (bicyclic) bond motifs is 10. The van der Waals surface area contributed by atoms with Crippen LogP contribution in [0.25, 0.3) is 58.7 Å². The fourth-order valence-corrected chi connectivity index (χ4v) is 5.95. The molecule has 0 N–H and O–H groups in total. The maximum Gasteiger partial charge on any atom is 0.237 e. The lowest BCUT2D eigenvalue weighted by Crippen LogP contribution is -2.01. The van der Waals surface area contributed by atoms with Gasteiger partial charge in [0.25, 0.3) is 0 Å². The summed E-state index contributed by atoms with van der Waals surface area (Å²) >= 11 is 1.86. The number of nitrogens with zero attached hydrogens (tertiary/aromatic N) is 4. The summed E-state index contributed by atoms with van der Waals surface area (Å²) in [5.74, 6) is 0.641. The summed E-state index contributed by atoms with van der Waals surface area (Å²) in [4.78, 5) is 13.0. The van der Waals surface area contributed by atoms with E-state index in [1.54, 1.807) is 12.7 Å². The van der Waals surface area contributed by atoms with Crippen LogP contribution in [-0.4, -0.2) is 19.5 Å². The Kier molecular flexibility index (Phi) is 3.12. The standard InChI is InChI=1S/C25H14N4S/c1-2-8-16-15(7-1)21-18-10-4-6-12-20(18)30-24(21)22-17-9-3-5-11-19(17)29(23(16)22)25-27-13-26-14-28-25/h1-14H. The van der Waals surface area contributed by atoms with Gasteiger partial charge in [-0.25, -0.2) is 15.0 Å². The van der Waals surface area contributed by atoms with Gasteiger partial charge in [-0.05, 0) is 17.5 Å². The second-order valence-electron chi connectivity index (χ2n) is 7.36. The van der Waals surface area contributed by atoms with Gasteiger partial charge in [-0.2, -0.15) is 0 Å². The highest BCUT2D eigenvalue weighted by atomic mass is 32.1. The fraction of sp³-hybridized carbons (Fsp3) is 0. The zero-order chi connectivity index (χ0) is 19.7. The normalized spacial score (nSPS) is 12.0. The monoisotopic (exact) mass is 402 g/mol. The molecule has 0 aliphatic carbocycles. The van der Waals surface area contributed by atoms with Crippen LogP contribution in [-0.2, 0) is 0 Å². The Morgan fingerprint density at radius 1 is 0.633 bits per heavy atom. The molecule has 0 fully saturated rings. The van der Waals surface area contributed by atoms with Crippen LogP contribution in [0.2, 0.25) is 0 Å². The van der Waals surface area contributed by atoms with Crippen LogP contribution >= 0.6 is 11.3 Å². The summed E-state index contributed by atoms with van der Waals surface area (Å²) in [6.45, 7) is 0. The first-order valence-electron chi connectivity index (χ1n) is 9.79. The van der Waals surface area contributed by atoms with Crippen LogP contribution in [0.5, 0.6) is 0 Å². The summed E-state index contributed by atoms with van der Waals surface area (Å²) < 4.78 is 4.80. The number of para-hydroxylation sites is 1. The van der Waals surface area contributed by atoms with Gasteiger partial charge in [0.15, 0.2) is 0 Å². The van der Waals surface area contributed by atoms with Crippen molar-refractivity contribution in [3.63, 3.8) is 0 Å². The van der Waals surface area contributed by atoms with Crippen molar-refractivity contribution in [1.29, 1.82) is 0 Å².